The summed E-state index contributed by atoms with van der Waals surface area (Å²) in [7, 11) is 0. The number of aromatic nitrogens is 1. The molecule has 1 unspecified atom stereocenters. The normalized spacial score (nSPS) is 12.4. The molecule has 1 atom stereocenters. The Kier molecular flexibility index (Phi) is 6.91. The van der Waals surface area contributed by atoms with E-state index >= 15 is 0 Å². The lowest BCUT2D eigenvalue weighted by Gasteiger charge is -2.23. The zero-order valence-corrected chi connectivity index (χ0v) is 17.5. The topological polar surface area (TPSA) is 64.2 Å². The van der Waals surface area contributed by atoms with Crippen molar-refractivity contribution in [1.82, 2.24) is 9.88 Å². The monoisotopic (exact) mass is 394 g/mol. The van der Waals surface area contributed by atoms with E-state index in [-0.39, 0.29) is 23.6 Å². The van der Waals surface area contributed by atoms with E-state index in [2.05, 4.69) is 50.4 Å². The quantitative estimate of drug-likeness (QED) is 0.565. The summed E-state index contributed by atoms with van der Waals surface area (Å²) in [6.07, 6.45) is 3.14. The predicted octanol–water partition coefficient (Wildman–Crippen LogP) is 4.84. The Bertz CT molecular complexity index is 999. The van der Waals surface area contributed by atoms with E-state index in [4.69, 9.17) is 4.42 Å². The highest BCUT2D eigenvalue weighted by Crippen LogP contribution is 2.23. The van der Waals surface area contributed by atoms with Gasteiger partial charge in [-0.15, -0.1) is 0 Å². The molecule has 0 aliphatic rings. The van der Waals surface area contributed by atoms with Gasteiger partial charge < -0.3 is 9.73 Å². The number of carbonyl (C=O) groups excluding carboxylic acids is 1. The number of fused-ring (bicyclic) bond motifs is 1. The molecule has 0 fully saturated rings. The van der Waals surface area contributed by atoms with Crippen LogP contribution in [0.4, 0.5) is 0 Å². The van der Waals surface area contributed by atoms with Crippen molar-refractivity contribution in [1.29, 1.82) is 0 Å². The van der Waals surface area contributed by atoms with Gasteiger partial charge in [0.1, 0.15) is 0 Å². The number of carbonyl (C=O) groups is 1. The molecule has 0 saturated carbocycles. The van der Waals surface area contributed by atoms with Gasteiger partial charge in [-0.1, -0.05) is 63.6 Å². The molecule has 3 aromatic rings. The van der Waals surface area contributed by atoms with Crippen LogP contribution in [0.3, 0.4) is 0 Å². The van der Waals surface area contributed by atoms with Crippen LogP contribution in [-0.2, 0) is 17.8 Å². The van der Waals surface area contributed by atoms with Gasteiger partial charge in [-0.2, -0.15) is 0 Å². The van der Waals surface area contributed by atoms with Gasteiger partial charge in [-0.25, -0.2) is 4.79 Å². The highest BCUT2D eigenvalue weighted by Gasteiger charge is 2.18. The summed E-state index contributed by atoms with van der Waals surface area (Å²) >= 11 is 0. The minimum absolute atomic E-state index is 0.00202. The molecule has 0 spiro atoms. The summed E-state index contributed by atoms with van der Waals surface area (Å²) in [4.78, 5) is 24.6. The molecule has 0 saturated heterocycles. The van der Waals surface area contributed by atoms with Crippen molar-refractivity contribution in [2.45, 2.75) is 59.0 Å². The van der Waals surface area contributed by atoms with Crippen LogP contribution in [0.2, 0.25) is 0 Å². The molecule has 1 N–H and O–H groups in total. The Morgan fingerprint density at radius 1 is 1.10 bits per heavy atom. The molecule has 1 heterocycles. The van der Waals surface area contributed by atoms with E-state index in [9.17, 15) is 9.59 Å². The molecule has 5 nitrogen and oxygen atoms in total. The maximum Gasteiger partial charge on any atom is 0.419 e. The third-order valence-corrected chi connectivity index (χ3v) is 5.22. The van der Waals surface area contributed by atoms with Gasteiger partial charge in [-0.05, 0) is 42.0 Å². The van der Waals surface area contributed by atoms with Crippen LogP contribution in [0.1, 0.15) is 57.2 Å². The Balaban J connectivity index is 1.59. The first kappa shape index (κ1) is 20.9. The molecule has 5 heteroatoms. The summed E-state index contributed by atoms with van der Waals surface area (Å²) < 4.78 is 6.84. The maximum atomic E-state index is 12.6. The molecular weight excluding hydrogens is 364 g/mol. The number of para-hydroxylation sites is 2. The fourth-order valence-electron chi connectivity index (χ4n) is 3.68. The summed E-state index contributed by atoms with van der Waals surface area (Å²) in [6, 6.07) is 15.9. The van der Waals surface area contributed by atoms with E-state index in [0.29, 0.717) is 25.0 Å². The van der Waals surface area contributed by atoms with E-state index in [0.717, 1.165) is 23.9 Å². The first-order chi connectivity index (χ1) is 14.0. The number of hydrogen-bond acceptors (Lipinski definition) is 3. The van der Waals surface area contributed by atoms with E-state index < -0.39 is 0 Å². The molecule has 2 aromatic carbocycles. The van der Waals surface area contributed by atoms with Crippen LogP contribution < -0.4 is 11.1 Å². The fraction of sp³-hybridized carbons (Fsp3) is 0.417. The highest BCUT2D eigenvalue weighted by molar-refractivity contribution is 5.76. The maximum absolute atomic E-state index is 12.6. The molecule has 154 valence electrons. The Morgan fingerprint density at radius 3 is 2.52 bits per heavy atom. The van der Waals surface area contributed by atoms with Crippen LogP contribution in [-0.4, -0.2) is 10.5 Å². The van der Waals surface area contributed by atoms with Crippen molar-refractivity contribution < 1.29 is 9.21 Å². The first-order valence-electron chi connectivity index (χ1n) is 10.5. The van der Waals surface area contributed by atoms with Crippen molar-refractivity contribution in [3.8, 4) is 0 Å². The predicted molar refractivity (Wildman–Crippen MR) is 116 cm³/mol. The number of aryl methyl sites for hydroxylation is 2. The van der Waals surface area contributed by atoms with Crippen molar-refractivity contribution in [2.24, 2.45) is 5.92 Å². The lowest BCUT2D eigenvalue weighted by atomic mass is 9.94. The van der Waals surface area contributed by atoms with Gasteiger partial charge >= 0.3 is 5.76 Å². The third-order valence-electron chi connectivity index (χ3n) is 5.22. The summed E-state index contributed by atoms with van der Waals surface area (Å²) in [5.41, 5.74) is 3.80. The van der Waals surface area contributed by atoms with Crippen LogP contribution in [0.5, 0.6) is 0 Å². The zero-order chi connectivity index (χ0) is 20.8. The second-order valence-corrected chi connectivity index (χ2v) is 7.87. The van der Waals surface area contributed by atoms with E-state index in [1.165, 1.54) is 5.56 Å². The average molecular weight is 395 g/mol. The molecule has 0 bridgehead atoms. The SMILES string of the molecule is CCCc1ccc(C(NC(=O)CCCn2c(=O)oc3ccccc32)C(C)C)cc1. The summed E-state index contributed by atoms with van der Waals surface area (Å²) in [5.74, 6) is -0.0857. The van der Waals surface area contributed by atoms with Crippen LogP contribution in [0.25, 0.3) is 11.1 Å². The molecule has 1 amide bonds. The van der Waals surface area contributed by atoms with Crippen LogP contribution in [0.15, 0.2) is 57.7 Å². The average Bonchev–Trinajstić information content (AvgIpc) is 3.02. The minimum atomic E-state index is -0.376. The van der Waals surface area contributed by atoms with Crippen molar-refractivity contribution in [2.75, 3.05) is 0 Å². The number of nitrogens with zero attached hydrogens (tertiary/aromatic N) is 1. The number of rotatable bonds is 9. The number of amides is 1. The van der Waals surface area contributed by atoms with Crippen LogP contribution >= 0.6 is 0 Å². The number of hydrogen-bond donors (Lipinski definition) is 1. The van der Waals surface area contributed by atoms with Crippen molar-refractivity contribution >= 4 is 17.0 Å². The smallest absolute Gasteiger partial charge is 0.408 e. The van der Waals surface area contributed by atoms with Gasteiger partial charge in [0.2, 0.25) is 5.91 Å². The second kappa shape index (κ2) is 9.59. The fourth-order valence-corrected chi connectivity index (χ4v) is 3.68. The molecule has 3 rings (SSSR count). The van der Waals surface area contributed by atoms with Gasteiger partial charge in [0.15, 0.2) is 5.58 Å². The summed E-state index contributed by atoms with van der Waals surface area (Å²) in [6.45, 7) is 6.86. The van der Waals surface area contributed by atoms with Gasteiger partial charge in [0.25, 0.3) is 0 Å². The van der Waals surface area contributed by atoms with Crippen LogP contribution in [0, 0.1) is 5.92 Å². The first-order valence-corrected chi connectivity index (χ1v) is 10.5. The number of oxazole rings is 1. The van der Waals surface area contributed by atoms with E-state index in [1.807, 2.05) is 18.2 Å². The van der Waals surface area contributed by atoms with Gasteiger partial charge in [0, 0.05) is 13.0 Å². The molecular formula is C24H30N2O3. The Labute approximate surface area is 171 Å². The van der Waals surface area contributed by atoms with Gasteiger partial charge in [0.05, 0.1) is 11.6 Å². The molecule has 0 aliphatic heterocycles. The summed E-state index contributed by atoms with van der Waals surface area (Å²) in [5, 5.41) is 3.17. The van der Waals surface area contributed by atoms with Crippen molar-refractivity contribution in [3.63, 3.8) is 0 Å². The Hall–Kier alpha value is -2.82. The molecule has 0 aliphatic carbocycles. The highest BCUT2D eigenvalue weighted by atomic mass is 16.4. The van der Waals surface area contributed by atoms with E-state index in [1.54, 1.807) is 10.6 Å². The lowest BCUT2D eigenvalue weighted by molar-refractivity contribution is -0.122. The minimum Gasteiger partial charge on any atom is -0.408 e. The molecule has 0 radical (unpaired) electrons. The lowest BCUT2D eigenvalue weighted by Crippen LogP contribution is -2.31. The number of benzene rings is 2. The standard InChI is InChI=1S/C24H30N2O3/c1-4-8-18-12-14-19(15-13-18)23(17(2)3)25-22(27)11-7-16-26-20-9-5-6-10-21(20)29-24(26)28/h5-6,9-10,12-15,17,23H,4,7-8,11,16H2,1-3H3,(H,25,27). The zero-order valence-electron chi connectivity index (χ0n) is 17.5. The molecule has 29 heavy (non-hydrogen) atoms. The number of nitrogens with one attached hydrogen (secondary N) is 1. The second-order valence-electron chi connectivity index (χ2n) is 7.87. The molecule has 1 aromatic heterocycles. The Morgan fingerprint density at radius 2 is 1.83 bits per heavy atom. The van der Waals surface area contributed by atoms with Gasteiger partial charge in [-0.3, -0.25) is 9.36 Å². The largest absolute Gasteiger partial charge is 0.419 e. The third kappa shape index (κ3) is 5.17. The van der Waals surface area contributed by atoms with Crippen molar-refractivity contribution in [3.05, 3.63) is 70.2 Å².